The highest BCUT2D eigenvalue weighted by atomic mass is 16.5. The van der Waals surface area contributed by atoms with Crippen LogP contribution in [0.4, 0.5) is 0 Å². The van der Waals surface area contributed by atoms with Crippen LogP contribution >= 0.6 is 0 Å². The van der Waals surface area contributed by atoms with Crippen LogP contribution in [-0.4, -0.2) is 18.0 Å². The number of carbonyl (C=O) groups is 1. The fourth-order valence-corrected chi connectivity index (χ4v) is 14.8. The third kappa shape index (κ3) is 3.65. The average Bonchev–Trinajstić information content (AvgIpc) is 3.48. The quantitative estimate of drug-likeness (QED) is 0.343. The van der Waals surface area contributed by atoms with E-state index in [0.717, 1.165) is 47.8 Å². The van der Waals surface area contributed by atoms with Crippen LogP contribution in [0.3, 0.4) is 0 Å². The standard InChI is InChI=1S/C38H60O2/c1-35-19-6-8-29(35)27-12-10-24-7-5-9-34(38(24,4)32(27)17-20-35)40-26-16-21-36(2)25(23-26)11-13-28-30-14-15-33(39)37(30,3)22-18-31(28)36/h24-32,34H,5-23H2,1-4H3/t24?,25?,26-,27-,28-,29-,30-,31-,32-,34?,35-,36-,37-,38-/m0/s1. The van der Waals surface area contributed by atoms with Gasteiger partial charge in [0.25, 0.3) is 0 Å². The van der Waals surface area contributed by atoms with Crippen LogP contribution in [-0.2, 0) is 9.53 Å². The fraction of sp³-hybridized carbons (Fsp3) is 0.974. The Balaban J connectivity index is 0.987. The molecule has 0 bridgehead atoms. The van der Waals surface area contributed by atoms with Crippen molar-refractivity contribution in [2.75, 3.05) is 0 Å². The fourth-order valence-electron chi connectivity index (χ4n) is 14.8. The van der Waals surface area contributed by atoms with E-state index in [2.05, 4.69) is 27.7 Å². The summed E-state index contributed by atoms with van der Waals surface area (Å²) in [6.07, 6.45) is 27.0. The Bertz CT molecular complexity index is 1020. The lowest BCUT2D eigenvalue weighted by molar-refractivity contribution is -0.208. The molecular weight excluding hydrogens is 488 g/mol. The van der Waals surface area contributed by atoms with Crippen LogP contribution in [0.1, 0.15) is 150 Å². The molecule has 0 heterocycles. The molecule has 14 atom stereocenters. The van der Waals surface area contributed by atoms with Crippen LogP contribution in [0.25, 0.3) is 0 Å². The molecule has 40 heavy (non-hydrogen) atoms. The third-order valence-corrected chi connectivity index (χ3v) is 17.1. The molecule has 0 N–H and O–H groups in total. The smallest absolute Gasteiger partial charge is 0.139 e. The highest BCUT2D eigenvalue weighted by molar-refractivity contribution is 5.87. The van der Waals surface area contributed by atoms with Gasteiger partial charge in [0.2, 0.25) is 0 Å². The third-order valence-electron chi connectivity index (χ3n) is 17.1. The van der Waals surface area contributed by atoms with E-state index in [1.165, 1.54) is 116 Å². The summed E-state index contributed by atoms with van der Waals surface area (Å²) in [4.78, 5) is 12.9. The average molecular weight is 549 g/mol. The van der Waals surface area contributed by atoms with Crippen LogP contribution < -0.4 is 0 Å². The van der Waals surface area contributed by atoms with Crippen molar-refractivity contribution in [3.63, 3.8) is 0 Å². The molecule has 0 aromatic rings. The zero-order valence-electron chi connectivity index (χ0n) is 26.5. The Hall–Kier alpha value is -0.370. The van der Waals surface area contributed by atoms with Gasteiger partial charge < -0.3 is 4.74 Å². The molecule has 0 saturated heterocycles. The number of carbonyl (C=O) groups excluding carboxylic acids is 1. The molecule has 8 saturated carbocycles. The minimum absolute atomic E-state index is 0.0184. The molecule has 8 aliphatic carbocycles. The number of hydrogen-bond acceptors (Lipinski definition) is 2. The summed E-state index contributed by atoms with van der Waals surface area (Å²) in [6.45, 7) is 10.4. The van der Waals surface area contributed by atoms with Crippen molar-refractivity contribution in [2.24, 2.45) is 69.0 Å². The predicted molar refractivity (Wildman–Crippen MR) is 162 cm³/mol. The summed E-state index contributed by atoms with van der Waals surface area (Å²) in [6, 6.07) is 0. The molecule has 2 nitrogen and oxygen atoms in total. The summed E-state index contributed by atoms with van der Waals surface area (Å²) >= 11 is 0. The molecule has 0 amide bonds. The number of ether oxygens (including phenoxy) is 1. The zero-order chi connectivity index (χ0) is 27.5. The molecule has 8 fully saturated rings. The van der Waals surface area contributed by atoms with E-state index in [4.69, 9.17) is 4.74 Å². The maximum atomic E-state index is 12.9. The topological polar surface area (TPSA) is 26.3 Å². The summed E-state index contributed by atoms with van der Waals surface area (Å²) in [5.41, 5.74) is 1.59. The van der Waals surface area contributed by atoms with E-state index in [1.54, 1.807) is 0 Å². The largest absolute Gasteiger partial charge is 0.374 e. The Morgan fingerprint density at radius 1 is 0.625 bits per heavy atom. The normalized spacial score (nSPS) is 59.1. The molecule has 224 valence electrons. The maximum Gasteiger partial charge on any atom is 0.139 e. The molecule has 3 unspecified atom stereocenters. The zero-order valence-corrected chi connectivity index (χ0v) is 26.5. The van der Waals surface area contributed by atoms with Gasteiger partial charge in [-0.3, -0.25) is 4.79 Å². The SMILES string of the molecule is C[C@@]12CCC[C@H]1[C@@H]1CCC3CCCC(O[C@H]4CC[C@@]5(C)C(CC[C@@H]6[C@@H]5CC[C@]5(C)C(=O)CC[C@@H]65)C4)[C@]3(C)[C@H]1CC2. The lowest BCUT2D eigenvalue weighted by atomic mass is 9.44. The van der Waals surface area contributed by atoms with Crippen molar-refractivity contribution >= 4 is 5.78 Å². The van der Waals surface area contributed by atoms with Gasteiger partial charge >= 0.3 is 0 Å². The van der Waals surface area contributed by atoms with Crippen LogP contribution in [0, 0.1) is 69.0 Å². The minimum atomic E-state index is 0.0184. The van der Waals surface area contributed by atoms with Crippen molar-refractivity contribution in [1.82, 2.24) is 0 Å². The molecule has 0 aromatic carbocycles. The number of ketones is 1. The molecule has 8 rings (SSSR count). The monoisotopic (exact) mass is 548 g/mol. The molecule has 2 heteroatoms. The Morgan fingerprint density at radius 3 is 2.25 bits per heavy atom. The van der Waals surface area contributed by atoms with E-state index in [1.807, 2.05) is 0 Å². The van der Waals surface area contributed by atoms with Gasteiger partial charge in [0.1, 0.15) is 5.78 Å². The Labute approximate surface area is 245 Å². The van der Waals surface area contributed by atoms with Gasteiger partial charge in [-0.15, -0.1) is 0 Å². The summed E-state index contributed by atoms with van der Waals surface area (Å²) < 4.78 is 7.48. The molecule has 0 aromatic heterocycles. The first-order chi connectivity index (χ1) is 19.2. The Morgan fingerprint density at radius 2 is 1.40 bits per heavy atom. The summed E-state index contributed by atoms with van der Waals surface area (Å²) in [7, 11) is 0. The second-order valence-corrected chi connectivity index (χ2v) is 18.1. The lowest BCUT2D eigenvalue weighted by Crippen LogP contribution is -2.59. The first kappa shape index (κ1) is 27.2. The number of hydrogen-bond donors (Lipinski definition) is 0. The minimum Gasteiger partial charge on any atom is -0.374 e. The highest BCUT2D eigenvalue weighted by Gasteiger charge is 2.62. The highest BCUT2D eigenvalue weighted by Crippen LogP contribution is 2.68. The molecular formula is C38H60O2. The van der Waals surface area contributed by atoms with Gasteiger partial charge in [0.15, 0.2) is 0 Å². The molecule has 0 radical (unpaired) electrons. The van der Waals surface area contributed by atoms with Crippen molar-refractivity contribution in [3.05, 3.63) is 0 Å². The summed E-state index contributed by atoms with van der Waals surface area (Å²) in [5.74, 6) is 7.61. The molecule has 8 aliphatic rings. The van der Waals surface area contributed by atoms with Crippen molar-refractivity contribution < 1.29 is 9.53 Å². The van der Waals surface area contributed by atoms with Gasteiger partial charge in [-0.1, -0.05) is 40.5 Å². The van der Waals surface area contributed by atoms with Gasteiger partial charge in [-0.2, -0.15) is 0 Å². The van der Waals surface area contributed by atoms with Crippen molar-refractivity contribution in [1.29, 1.82) is 0 Å². The summed E-state index contributed by atoms with van der Waals surface area (Å²) in [5, 5.41) is 0. The van der Waals surface area contributed by atoms with Crippen LogP contribution in [0.2, 0.25) is 0 Å². The van der Waals surface area contributed by atoms with Gasteiger partial charge in [-0.05, 0) is 166 Å². The van der Waals surface area contributed by atoms with Crippen LogP contribution in [0.5, 0.6) is 0 Å². The molecule has 0 spiro atoms. The molecule has 0 aliphatic heterocycles. The van der Waals surface area contributed by atoms with Gasteiger partial charge in [0.05, 0.1) is 12.2 Å². The number of rotatable bonds is 2. The number of fused-ring (bicyclic) bond motifs is 10. The van der Waals surface area contributed by atoms with E-state index in [9.17, 15) is 4.79 Å². The number of Topliss-reactive ketones (excluding diaryl/α,β-unsaturated/α-hetero) is 1. The van der Waals surface area contributed by atoms with E-state index in [0.29, 0.717) is 40.2 Å². The van der Waals surface area contributed by atoms with E-state index in [-0.39, 0.29) is 5.41 Å². The maximum absolute atomic E-state index is 12.9. The van der Waals surface area contributed by atoms with Gasteiger partial charge in [-0.25, -0.2) is 0 Å². The first-order valence-electron chi connectivity index (χ1n) is 18.4. The van der Waals surface area contributed by atoms with E-state index < -0.39 is 0 Å². The van der Waals surface area contributed by atoms with Crippen LogP contribution in [0.15, 0.2) is 0 Å². The van der Waals surface area contributed by atoms with Crippen molar-refractivity contribution in [3.8, 4) is 0 Å². The second-order valence-electron chi connectivity index (χ2n) is 18.1. The van der Waals surface area contributed by atoms with E-state index >= 15 is 0 Å². The predicted octanol–water partition coefficient (Wildman–Crippen LogP) is 9.78. The lowest BCUT2D eigenvalue weighted by Gasteiger charge is -2.63. The van der Waals surface area contributed by atoms with Gasteiger partial charge in [0, 0.05) is 11.8 Å². The first-order valence-corrected chi connectivity index (χ1v) is 18.4. The Kier molecular flexibility index (Phi) is 6.33. The van der Waals surface area contributed by atoms with Crippen molar-refractivity contribution in [2.45, 2.75) is 162 Å². The second kappa shape index (κ2) is 9.32.